The van der Waals surface area contributed by atoms with E-state index in [1.165, 1.54) is 11.3 Å². The van der Waals surface area contributed by atoms with Gasteiger partial charge in [-0.3, -0.25) is 4.79 Å². The van der Waals surface area contributed by atoms with Gasteiger partial charge in [0.05, 0.1) is 22.0 Å². The molecular formula is C31H17F2N3OS2. The van der Waals surface area contributed by atoms with Crippen LogP contribution in [0.15, 0.2) is 71.9 Å². The predicted molar refractivity (Wildman–Crippen MR) is 155 cm³/mol. The van der Waals surface area contributed by atoms with Gasteiger partial charge in [0.2, 0.25) is 0 Å². The first-order valence-corrected chi connectivity index (χ1v) is 13.4. The Morgan fingerprint density at radius 1 is 0.949 bits per heavy atom. The van der Waals surface area contributed by atoms with Gasteiger partial charge in [-0.2, -0.15) is 0 Å². The van der Waals surface area contributed by atoms with Gasteiger partial charge in [-0.25, -0.2) is 18.9 Å². The largest absolute Gasteiger partial charge is 0.378 e. The smallest absolute Gasteiger partial charge is 0.270 e. The topological polar surface area (TPSA) is 48.5 Å². The number of hydrogen-bond donors (Lipinski definition) is 0. The molecule has 4 nitrogen and oxygen atoms in total. The standard InChI is InChI=1S/C31H17F2N3OS2/c1-35-26(15-34)28-21-13-24(32)25(33)14-22(21)29(37)23(28)12-20-10-17-4-5-18-11-27(39-31(18)30(17)38-20)16-6-8-19(9-7-16)36(2)3/h4-14H,2-3H3/b23-12-,28-26-. The molecule has 0 spiro atoms. The minimum Gasteiger partial charge on any atom is -0.378 e. The lowest BCUT2D eigenvalue weighted by molar-refractivity contribution is 0.104. The van der Waals surface area contributed by atoms with Crippen LogP contribution in [0, 0.1) is 29.5 Å². The fraction of sp³-hybridized carbons (Fsp3) is 0.0645. The van der Waals surface area contributed by atoms with Gasteiger partial charge in [0.25, 0.3) is 5.70 Å². The summed E-state index contributed by atoms with van der Waals surface area (Å²) in [5.41, 5.74) is 2.03. The number of ketones is 1. The summed E-state index contributed by atoms with van der Waals surface area (Å²) in [7, 11) is 4.01. The lowest BCUT2D eigenvalue weighted by Gasteiger charge is -2.12. The Bertz CT molecular complexity index is 1980. The number of halogens is 2. The Hall–Kier alpha value is -4.63. The molecular weight excluding hydrogens is 532 g/mol. The van der Waals surface area contributed by atoms with Gasteiger partial charge < -0.3 is 4.90 Å². The molecule has 0 amide bonds. The SMILES string of the molecule is [C-]#[N+]/C(C#N)=C1\C(=C\c2cc3ccc4cc(-c5ccc(N(C)C)cc5)sc4c3s2)C(=O)c2cc(F)c(F)cc21. The van der Waals surface area contributed by atoms with E-state index in [0.29, 0.717) is 0 Å². The van der Waals surface area contributed by atoms with Gasteiger partial charge >= 0.3 is 0 Å². The Morgan fingerprint density at radius 2 is 1.59 bits per heavy atom. The summed E-state index contributed by atoms with van der Waals surface area (Å²) in [6, 6.07) is 20.1. The Balaban J connectivity index is 1.48. The van der Waals surface area contributed by atoms with Crippen molar-refractivity contribution < 1.29 is 13.6 Å². The highest BCUT2D eigenvalue weighted by atomic mass is 32.1. The van der Waals surface area contributed by atoms with Crippen molar-refractivity contribution in [1.82, 2.24) is 0 Å². The van der Waals surface area contributed by atoms with Crippen LogP contribution >= 0.6 is 22.7 Å². The van der Waals surface area contributed by atoms with Crippen molar-refractivity contribution in [2.45, 2.75) is 0 Å². The van der Waals surface area contributed by atoms with Crippen molar-refractivity contribution in [3.63, 3.8) is 0 Å². The number of anilines is 1. The Labute approximate surface area is 230 Å². The molecule has 0 N–H and O–H groups in total. The summed E-state index contributed by atoms with van der Waals surface area (Å²) >= 11 is 3.18. The fourth-order valence-corrected chi connectivity index (χ4v) is 7.19. The lowest BCUT2D eigenvalue weighted by atomic mass is 10.0. The number of carbonyl (C=O) groups is 1. The van der Waals surface area contributed by atoms with E-state index in [4.69, 9.17) is 6.57 Å². The first-order valence-electron chi connectivity index (χ1n) is 11.8. The molecule has 1 aliphatic rings. The molecule has 0 unspecified atom stereocenters. The second kappa shape index (κ2) is 9.28. The zero-order valence-corrected chi connectivity index (χ0v) is 22.3. The van der Waals surface area contributed by atoms with E-state index in [2.05, 4.69) is 46.1 Å². The summed E-state index contributed by atoms with van der Waals surface area (Å²) in [5.74, 6) is -2.84. The van der Waals surface area contributed by atoms with Crippen molar-refractivity contribution in [2.75, 3.05) is 19.0 Å². The number of rotatable bonds is 3. The lowest BCUT2D eigenvalue weighted by Crippen LogP contribution is -2.07. The van der Waals surface area contributed by atoms with E-state index in [-0.39, 0.29) is 28.0 Å². The van der Waals surface area contributed by atoms with Gasteiger partial charge in [-0.05, 0) is 64.4 Å². The zero-order valence-electron chi connectivity index (χ0n) is 20.7. The van der Waals surface area contributed by atoms with Gasteiger partial charge in [0.1, 0.15) is 0 Å². The summed E-state index contributed by atoms with van der Waals surface area (Å²) in [6.45, 7) is 7.42. The van der Waals surface area contributed by atoms with Gasteiger partial charge in [0, 0.05) is 46.2 Å². The number of hydrogen-bond acceptors (Lipinski definition) is 5. The molecule has 0 aliphatic heterocycles. The molecule has 8 heteroatoms. The first-order chi connectivity index (χ1) is 18.8. The van der Waals surface area contributed by atoms with E-state index in [1.807, 2.05) is 26.2 Å². The van der Waals surface area contributed by atoms with Crippen LogP contribution in [0.25, 0.3) is 47.1 Å². The summed E-state index contributed by atoms with van der Waals surface area (Å²) < 4.78 is 30.2. The Morgan fingerprint density at radius 3 is 2.23 bits per heavy atom. The van der Waals surface area contributed by atoms with E-state index < -0.39 is 17.4 Å². The van der Waals surface area contributed by atoms with E-state index >= 15 is 0 Å². The second-order valence-electron chi connectivity index (χ2n) is 9.25. The third-order valence-electron chi connectivity index (χ3n) is 6.69. The minimum atomic E-state index is -1.15. The molecule has 0 bridgehead atoms. The first kappa shape index (κ1) is 24.7. The van der Waals surface area contributed by atoms with Crippen molar-refractivity contribution >= 4 is 66.0 Å². The predicted octanol–water partition coefficient (Wildman–Crippen LogP) is 8.56. The monoisotopic (exact) mass is 549 g/mol. The number of allylic oxidation sites excluding steroid dienone is 3. The molecule has 0 saturated carbocycles. The number of benzene rings is 3. The molecule has 2 aromatic heterocycles. The van der Waals surface area contributed by atoms with E-state index in [1.54, 1.807) is 23.5 Å². The van der Waals surface area contributed by atoms with Gasteiger partial charge in [0.15, 0.2) is 17.4 Å². The quantitative estimate of drug-likeness (QED) is 0.129. The average Bonchev–Trinajstić information content (AvgIpc) is 3.61. The number of nitriles is 1. The molecule has 6 rings (SSSR count). The van der Waals surface area contributed by atoms with Crippen LogP contribution in [-0.4, -0.2) is 19.9 Å². The number of Topliss-reactive ketones (excluding diaryl/α,β-unsaturated/α-hetero) is 1. The fourth-order valence-electron chi connectivity index (χ4n) is 4.77. The van der Waals surface area contributed by atoms with Crippen LogP contribution < -0.4 is 4.90 Å². The highest BCUT2D eigenvalue weighted by Crippen LogP contribution is 2.44. The molecule has 2 heterocycles. The van der Waals surface area contributed by atoms with Gasteiger partial charge in [-0.1, -0.05) is 24.3 Å². The number of fused-ring (bicyclic) bond motifs is 4. The average molecular weight is 550 g/mol. The van der Waals surface area contributed by atoms with Crippen molar-refractivity contribution in [3.05, 3.63) is 111 Å². The molecule has 0 atom stereocenters. The normalized spacial score (nSPS) is 15.0. The number of carbonyl (C=O) groups excluding carboxylic acids is 1. The third-order valence-corrected chi connectivity index (χ3v) is 9.15. The highest BCUT2D eigenvalue weighted by Gasteiger charge is 2.34. The number of nitrogens with zero attached hydrogens (tertiary/aromatic N) is 3. The zero-order chi connectivity index (χ0) is 27.4. The molecule has 39 heavy (non-hydrogen) atoms. The van der Waals surface area contributed by atoms with Crippen LogP contribution in [0.4, 0.5) is 14.5 Å². The molecule has 0 radical (unpaired) electrons. The van der Waals surface area contributed by atoms with Crippen LogP contribution in [0.3, 0.4) is 0 Å². The summed E-state index contributed by atoms with van der Waals surface area (Å²) in [6.07, 6.45) is 1.61. The van der Waals surface area contributed by atoms with Crippen molar-refractivity contribution in [2.24, 2.45) is 0 Å². The molecule has 0 saturated heterocycles. The summed E-state index contributed by atoms with van der Waals surface area (Å²) in [4.78, 5) is 20.5. The second-order valence-corrected chi connectivity index (χ2v) is 11.4. The van der Waals surface area contributed by atoms with E-state index in [0.717, 1.165) is 53.3 Å². The molecule has 1 aliphatic carbocycles. The van der Waals surface area contributed by atoms with Crippen LogP contribution in [0.2, 0.25) is 0 Å². The van der Waals surface area contributed by atoms with Crippen molar-refractivity contribution in [3.8, 4) is 16.5 Å². The number of thiophene rings is 2. The van der Waals surface area contributed by atoms with Crippen molar-refractivity contribution in [1.29, 1.82) is 5.26 Å². The van der Waals surface area contributed by atoms with Gasteiger partial charge in [-0.15, -0.1) is 22.7 Å². The molecule has 188 valence electrons. The molecule has 3 aromatic carbocycles. The van der Waals surface area contributed by atoms with Crippen LogP contribution in [0.5, 0.6) is 0 Å². The summed E-state index contributed by atoms with van der Waals surface area (Å²) in [5, 5.41) is 11.7. The molecule has 5 aromatic rings. The maximum Gasteiger partial charge on any atom is 0.270 e. The third kappa shape index (κ3) is 4.02. The van der Waals surface area contributed by atoms with Crippen LogP contribution in [0.1, 0.15) is 20.8 Å². The molecule has 0 fully saturated rings. The maximum absolute atomic E-state index is 14.1. The highest BCUT2D eigenvalue weighted by molar-refractivity contribution is 7.29. The minimum absolute atomic E-state index is 0.0357. The van der Waals surface area contributed by atoms with E-state index in [9.17, 15) is 18.8 Å². The van der Waals surface area contributed by atoms with Crippen LogP contribution in [-0.2, 0) is 0 Å². The maximum atomic E-state index is 14.1. The Kier molecular flexibility index (Phi) is 5.88.